The summed E-state index contributed by atoms with van der Waals surface area (Å²) in [7, 11) is -10.8. The normalized spacial score (nSPS) is 19.3. The number of unbranched alkanes of at least 4 members (excludes halogenated alkanes) is 24. The zero-order valence-corrected chi connectivity index (χ0v) is 45.0. The molecule has 0 bridgehead atoms. The van der Waals surface area contributed by atoms with Crippen LogP contribution >= 0.6 is 15.6 Å². The third-order valence-electron chi connectivity index (χ3n) is 12.5. The Morgan fingerprint density at radius 2 is 1.06 bits per heavy atom. The van der Waals surface area contributed by atoms with E-state index in [1.807, 2.05) is 0 Å². The van der Waals surface area contributed by atoms with E-state index in [0.29, 0.717) is 12.8 Å². The number of nitrogen functional groups attached to an aromatic ring is 1. The fourth-order valence-electron chi connectivity index (χ4n) is 8.39. The molecule has 18 nitrogen and oxygen atoms in total. The van der Waals surface area contributed by atoms with E-state index in [1.165, 1.54) is 134 Å². The predicted octanol–water partition coefficient (Wildman–Crippen LogP) is 11.2. The number of hydrogen-bond acceptors (Lipinski definition) is 15. The van der Waals surface area contributed by atoms with Crippen LogP contribution in [0.4, 0.5) is 5.82 Å². The third-order valence-corrected chi connectivity index (χ3v) is 15.1. The third kappa shape index (κ3) is 31.4. The molecule has 0 saturated carbocycles. The second kappa shape index (κ2) is 37.5. The van der Waals surface area contributed by atoms with Crippen molar-refractivity contribution < 1.29 is 66.3 Å². The molecule has 0 amide bonds. The van der Waals surface area contributed by atoms with E-state index in [2.05, 4.69) is 37.0 Å². The molecule has 408 valence electrons. The highest BCUT2D eigenvalue weighted by Crippen LogP contribution is 2.60. The number of carbonyl (C=O) groups is 2. The van der Waals surface area contributed by atoms with E-state index in [4.69, 9.17) is 29.0 Å². The first-order chi connectivity index (χ1) is 33.4. The minimum Gasteiger partial charge on any atom is -0.462 e. The number of aliphatic hydroxyl groups excluding tert-OH is 2. The highest BCUT2D eigenvalue weighted by atomic mass is 31.3. The molecule has 1 aliphatic rings. The van der Waals surface area contributed by atoms with Crippen LogP contribution in [0.1, 0.15) is 227 Å². The lowest BCUT2D eigenvalue weighted by Crippen LogP contribution is -2.36. The average Bonchev–Trinajstić information content (AvgIpc) is 3.57. The van der Waals surface area contributed by atoms with Gasteiger partial charge in [-0.3, -0.25) is 23.2 Å². The number of nitrogens with two attached hydrogens (primary N) is 1. The average molecular weight is 1040 g/mol. The van der Waals surface area contributed by atoms with Crippen molar-refractivity contribution in [2.75, 3.05) is 25.6 Å². The molecule has 1 fully saturated rings. The summed E-state index contributed by atoms with van der Waals surface area (Å²) in [6.45, 7) is 6.81. The molecule has 0 radical (unpaired) electrons. The fraction of sp³-hybridized carbons (Fsp3) is 0.880. The molecule has 1 aromatic rings. The van der Waals surface area contributed by atoms with Crippen molar-refractivity contribution in [3.05, 3.63) is 22.7 Å². The number of phosphoric ester groups is 2. The number of ether oxygens (including phenoxy) is 3. The van der Waals surface area contributed by atoms with Crippen molar-refractivity contribution >= 4 is 33.4 Å². The van der Waals surface area contributed by atoms with Crippen LogP contribution in [0.15, 0.2) is 17.1 Å². The number of aliphatic hydroxyl groups is 2. The quantitative estimate of drug-likeness (QED) is 0.0231. The van der Waals surface area contributed by atoms with Gasteiger partial charge in [-0.2, -0.15) is 9.29 Å². The van der Waals surface area contributed by atoms with Gasteiger partial charge < -0.3 is 39.9 Å². The second-order valence-corrected chi connectivity index (χ2v) is 23.1. The van der Waals surface area contributed by atoms with Crippen LogP contribution in [-0.2, 0) is 46.3 Å². The number of carbonyl (C=O) groups excluding carboxylic acids is 2. The van der Waals surface area contributed by atoms with Gasteiger partial charge in [-0.25, -0.2) is 13.9 Å². The molecule has 1 aliphatic heterocycles. The Morgan fingerprint density at radius 3 is 1.50 bits per heavy atom. The minimum absolute atomic E-state index is 0.0558. The molecular weight excluding hydrogens is 945 g/mol. The molecule has 0 aromatic carbocycles. The van der Waals surface area contributed by atoms with Crippen molar-refractivity contribution in [3.8, 4) is 0 Å². The van der Waals surface area contributed by atoms with Crippen LogP contribution in [0.25, 0.3) is 0 Å². The van der Waals surface area contributed by atoms with Gasteiger partial charge in [0.15, 0.2) is 12.3 Å². The van der Waals surface area contributed by atoms with Crippen molar-refractivity contribution in [2.45, 2.75) is 251 Å². The second-order valence-electron chi connectivity index (χ2n) is 20.1. The van der Waals surface area contributed by atoms with Crippen LogP contribution in [0.2, 0.25) is 0 Å². The highest BCUT2D eigenvalue weighted by Gasteiger charge is 2.46. The Morgan fingerprint density at radius 1 is 0.643 bits per heavy atom. The number of hydrogen-bond donors (Lipinski definition) is 5. The van der Waals surface area contributed by atoms with Gasteiger partial charge in [0.25, 0.3) is 0 Å². The molecule has 1 saturated heterocycles. The fourth-order valence-corrected chi connectivity index (χ4v) is 10.5. The number of nitrogens with zero attached hydrogens (tertiary/aromatic N) is 2. The molecule has 3 unspecified atom stereocenters. The van der Waals surface area contributed by atoms with Crippen LogP contribution in [0, 0.1) is 11.8 Å². The van der Waals surface area contributed by atoms with Gasteiger partial charge in [-0.05, 0) is 30.7 Å². The molecule has 20 heteroatoms. The molecule has 0 aliphatic carbocycles. The lowest BCUT2D eigenvalue weighted by Gasteiger charge is -2.21. The molecule has 2 rings (SSSR count). The van der Waals surface area contributed by atoms with Gasteiger partial charge in [-0.1, -0.05) is 195 Å². The monoisotopic (exact) mass is 1040 g/mol. The summed E-state index contributed by atoms with van der Waals surface area (Å²) >= 11 is 0. The first-order valence-electron chi connectivity index (χ1n) is 26.8. The molecule has 2 heterocycles. The molecular formula is C50H93N3O15P2. The van der Waals surface area contributed by atoms with Crippen molar-refractivity contribution in [1.29, 1.82) is 0 Å². The smallest absolute Gasteiger partial charge is 0.462 e. The number of phosphoric acid groups is 2. The molecule has 1 aromatic heterocycles. The van der Waals surface area contributed by atoms with E-state index in [-0.39, 0.29) is 18.7 Å². The summed E-state index contributed by atoms with van der Waals surface area (Å²) in [6, 6.07) is 1.25. The zero-order chi connectivity index (χ0) is 51.6. The van der Waals surface area contributed by atoms with Crippen molar-refractivity contribution in [2.24, 2.45) is 11.8 Å². The van der Waals surface area contributed by atoms with Gasteiger partial charge in [0.05, 0.1) is 13.2 Å². The van der Waals surface area contributed by atoms with Crippen LogP contribution < -0.4 is 11.4 Å². The maximum absolute atomic E-state index is 12.9. The Kier molecular flexibility index (Phi) is 34.2. The van der Waals surface area contributed by atoms with Crippen LogP contribution in [0.3, 0.4) is 0 Å². The molecule has 70 heavy (non-hydrogen) atoms. The summed E-state index contributed by atoms with van der Waals surface area (Å²) in [4.78, 5) is 62.0. The van der Waals surface area contributed by atoms with Crippen molar-refractivity contribution in [1.82, 2.24) is 9.55 Å². The number of esters is 2. The number of aromatic nitrogens is 2. The predicted molar refractivity (Wildman–Crippen MR) is 270 cm³/mol. The van der Waals surface area contributed by atoms with Gasteiger partial charge in [0.2, 0.25) is 0 Å². The Labute approximate surface area is 419 Å². The summed E-state index contributed by atoms with van der Waals surface area (Å²) in [5, 5.41) is 20.9. The summed E-state index contributed by atoms with van der Waals surface area (Å²) < 4.78 is 56.9. The topological polar surface area (TPSA) is 265 Å². The van der Waals surface area contributed by atoms with Gasteiger partial charge in [0, 0.05) is 19.0 Å². The maximum atomic E-state index is 12.9. The first-order valence-corrected chi connectivity index (χ1v) is 29.8. The Balaban J connectivity index is 1.75. The number of rotatable bonds is 44. The van der Waals surface area contributed by atoms with E-state index in [0.717, 1.165) is 61.3 Å². The van der Waals surface area contributed by atoms with Crippen LogP contribution in [0.5, 0.6) is 0 Å². The lowest BCUT2D eigenvalue weighted by atomic mass is 10.0. The molecule has 7 atom stereocenters. The molecule has 6 N–H and O–H groups in total. The first kappa shape index (κ1) is 63.9. The number of anilines is 1. The summed E-state index contributed by atoms with van der Waals surface area (Å²) in [5.74, 6) is 0.283. The largest absolute Gasteiger partial charge is 0.481 e. The van der Waals surface area contributed by atoms with E-state index < -0.39 is 83.7 Å². The SMILES string of the molecule is CC(C)CCCCCCCCCCCCCCCCCCC(=O)OC[C@H](COP(=O)(O)OP(=O)(O)OC[C@H]1O[C@@H](n2ccc(N)nc2=O)C(O)[C@H]1O)OC(=O)CCCCCCCCCCCCC(C)C. The van der Waals surface area contributed by atoms with Gasteiger partial charge in [-0.15, -0.1) is 0 Å². The highest BCUT2D eigenvalue weighted by molar-refractivity contribution is 7.61. The zero-order valence-electron chi connectivity index (χ0n) is 43.2. The Bertz CT molecular complexity index is 1700. The molecule has 0 spiro atoms. The van der Waals surface area contributed by atoms with Gasteiger partial charge in [0.1, 0.15) is 30.7 Å². The maximum Gasteiger partial charge on any atom is 0.481 e. The standard InChI is InChI=1S/C50H93N3O15P2/c1-40(2)31-27-23-19-15-11-9-7-5-6-8-10-12-17-21-25-29-33-45(54)63-37-42(66-46(55)34-30-26-22-18-14-13-16-20-24-28-32-41(3)4)38-64-69(59,60)68-70(61,62)65-39-43-47(56)48(57)49(67-43)53-36-35-44(51)52-50(53)58/h35-36,40-43,47-49,56-57H,5-34,37-39H2,1-4H3,(H,59,60)(H,61,62)(H2,51,52,58)/t42-,43-,47+,48?,49-/m1/s1. The van der Waals surface area contributed by atoms with Crippen molar-refractivity contribution in [3.63, 3.8) is 0 Å². The lowest BCUT2D eigenvalue weighted by molar-refractivity contribution is -0.161. The minimum atomic E-state index is -5.42. The summed E-state index contributed by atoms with van der Waals surface area (Å²) in [6.07, 6.45) is 26.3. The Hall–Kier alpha value is -2.24. The summed E-state index contributed by atoms with van der Waals surface area (Å²) in [5.41, 5.74) is 4.60. The van der Waals surface area contributed by atoms with E-state index in [9.17, 15) is 43.5 Å². The van der Waals surface area contributed by atoms with E-state index >= 15 is 0 Å². The van der Waals surface area contributed by atoms with Crippen LogP contribution in [-0.4, -0.2) is 85.7 Å². The van der Waals surface area contributed by atoms with Gasteiger partial charge >= 0.3 is 33.3 Å². The van der Waals surface area contributed by atoms with E-state index in [1.54, 1.807) is 0 Å².